The second-order valence-corrected chi connectivity index (χ2v) is 8.13. The molecule has 0 radical (unpaired) electrons. The molecule has 0 saturated carbocycles. The van der Waals surface area contributed by atoms with Crippen LogP contribution in [0.25, 0.3) is 11.4 Å². The molecule has 3 aromatic rings. The number of nitrogens with zero attached hydrogens (tertiary/aromatic N) is 5. The molecule has 4 rings (SSSR count). The molecule has 8 nitrogen and oxygen atoms in total. The molecule has 0 N–H and O–H groups in total. The molecular weight excluding hydrogens is 402 g/mol. The van der Waals surface area contributed by atoms with Crippen LogP contribution < -0.4 is 0 Å². The second kappa shape index (κ2) is 9.62. The number of rotatable bonds is 8. The molecule has 0 aliphatic carbocycles. The zero-order valence-corrected chi connectivity index (χ0v) is 17.3. The Labute approximate surface area is 178 Å². The number of thiophene rings is 1. The first-order chi connectivity index (χ1) is 14.7. The molecule has 1 saturated heterocycles. The van der Waals surface area contributed by atoms with Crippen molar-refractivity contribution in [3.63, 3.8) is 0 Å². The maximum atomic E-state index is 12.6. The van der Waals surface area contributed by atoms with Gasteiger partial charge in [0.15, 0.2) is 0 Å². The lowest BCUT2D eigenvalue weighted by Crippen LogP contribution is -2.42. The molecule has 1 aliphatic rings. The van der Waals surface area contributed by atoms with Crippen molar-refractivity contribution in [3.05, 3.63) is 52.7 Å². The number of ether oxygens (including phenoxy) is 1. The zero-order chi connectivity index (χ0) is 20.8. The Kier molecular flexibility index (Phi) is 6.48. The normalized spacial score (nSPS) is 16.0. The number of tetrazole rings is 1. The highest BCUT2D eigenvalue weighted by molar-refractivity contribution is 7.10. The molecular formula is C21H23N5O3S. The summed E-state index contributed by atoms with van der Waals surface area (Å²) in [5.41, 5.74) is 0.906. The molecule has 1 atom stereocenters. The Morgan fingerprint density at radius 1 is 1.17 bits per heavy atom. The van der Waals surface area contributed by atoms with Crippen molar-refractivity contribution >= 4 is 23.2 Å². The van der Waals surface area contributed by atoms with E-state index < -0.39 is 6.04 Å². The van der Waals surface area contributed by atoms with E-state index in [1.54, 1.807) is 16.2 Å². The van der Waals surface area contributed by atoms with Gasteiger partial charge in [0.25, 0.3) is 0 Å². The quantitative estimate of drug-likeness (QED) is 0.407. The highest BCUT2D eigenvalue weighted by Crippen LogP contribution is 2.21. The van der Waals surface area contributed by atoms with Gasteiger partial charge in [0.2, 0.25) is 11.7 Å². The monoisotopic (exact) mass is 425 g/mol. The van der Waals surface area contributed by atoms with Crippen LogP contribution in [0.5, 0.6) is 0 Å². The summed E-state index contributed by atoms with van der Waals surface area (Å²) in [7, 11) is 0. The Morgan fingerprint density at radius 2 is 2.03 bits per heavy atom. The molecule has 1 amide bonds. The first-order valence-electron chi connectivity index (χ1n) is 10.0. The first-order valence-corrected chi connectivity index (χ1v) is 10.9. The summed E-state index contributed by atoms with van der Waals surface area (Å²) in [6, 6.07) is 13.0. The van der Waals surface area contributed by atoms with Gasteiger partial charge in [-0.05, 0) is 29.5 Å². The van der Waals surface area contributed by atoms with E-state index >= 15 is 0 Å². The number of carbonyl (C=O) groups is 2. The van der Waals surface area contributed by atoms with Crippen molar-refractivity contribution in [2.75, 3.05) is 13.2 Å². The summed E-state index contributed by atoms with van der Waals surface area (Å²) in [6.45, 7) is 1.36. The van der Waals surface area contributed by atoms with Gasteiger partial charge in [0.05, 0.1) is 19.6 Å². The number of benzene rings is 1. The summed E-state index contributed by atoms with van der Waals surface area (Å²) < 4.78 is 5.44. The average Bonchev–Trinajstić information content (AvgIpc) is 3.53. The van der Waals surface area contributed by atoms with E-state index in [-0.39, 0.29) is 18.5 Å². The minimum Gasteiger partial charge on any atom is -0.464 e. The number of esters is 1. The lowest BCUT2D eigenvalue weighted by atomic mass is 10.2. The maximum absolute atomic E-state index is 12.6. The van der Waals surface area contributed by atoms with Crippen LogP contribution in [-0.2, 0) is 27.3 Å². The van der Waals surface area contributed by atoms with Crippen LogP contribution in [-0.4, -0.2) is 56.2 Å². The zero-order valence-electron chi connectivity index (χ0n) is 16.5. The molecule has 1 aliphatic heterocycles. The summed E-state index contributed by atoms with van der Waals surface area (Å²) in [6.07, 6.45) is 2.39. The van der Waals surface area contributed by atoms with Gasteiger partial charge in [0.1, 0.15) is 6.04 Å². The minimum absolute atomic E-state index is 0.0165. The van der Waals surface area contributed by atoms with Crippen molar-refractivity contribution in [1.29, 1.82) is 0 Å². The molecule has 156 valence electrons. The Hall–Kier alpha value is -3.07. The van der Waals surface area contributed by atoms with E-state index in [2.05, 4.69) is 15.4 Å². The van der Waals surface area contributed by atoms with Gasteiger partial charge < -0.3 is 9.64 Å². The van der Waals surface area contributed by atoms with Crippen LogP contribution in [0.1, 0.15) is 24.1 Å². The lowest BCUT2D eigenvalue weighted by Gasteiger charge is -2.23. The fourth-order valence-electron chi connectivity index (χ4n) is 3.49. The predicted octanol–water partition coefficient (Wildman–Crippen LogP) is 2.57. The Balaban J connectivity index is 1.22. The van der Waals surface area contributed by atoms with Gasteiger partial charge in [-0.3, -0.25) is 4.79 Å². The van der Waals surface area contributed by atoms with Crippen LogP contribution in [0, 0.1) is 0 Å². The van der Waals surface area contributed by atoms with Crippen molar-refractivity contribution in [2.24, 2.45) is 0 Å². The molecule has 1 aromatic carbocycles. The van der Waals surface area contributed by atoms with Gasteiger partial charge in [-0.25, -0.2) is 4.79 Å². The van der Waals surface area contributed by atoms with Crippen molar-refractivity contribution in [2.45, 2.75) is 38.3 Å². The van der Waals surface area contributed by atoms with Gasteiger partial charge in [-0.2, -0.15) is 4.80 Å². The average molecular weight is 426 g/mol. The standard InChI is InChI=1S/C21H23N5O3S/c27-19(15-17-9-5-14-30-17)25-11-4-10-18(25)21(28)29-13-6-12-26-23-20(22-24-26)16-7-2-1-3-8-16/h1-3,5,7-9,14,18H,4,6,10-13,15H2. The number of aryl methyl sites for hydroxylation is 1. The van der Waals surface area contributed by atoms with Crippen LogP contribution >= 0.6 is 11.3 Å². The summed E-state index contributed by atoms with van der Waals surface area (Å²) in [4.78, 5) is 29.2. The molecule has 0 bridgehead atoms. The summed E-state index contributed by atoms with van der Waals surface area (Å²) >= 11 is 1.55. The first kappa shape index (κ1) is 20.2. The number of aromatic nitrogens is 4. The van der Waals surface area contributed by atoms with Gasteiger partial charge in [-0.1, -0.05) is 36.4 Å². The third-order valence-corrected chi connectivity index (χ3v) is 5.86. The maximum Gasteiger partial charge on any atom is 0.328 e. The topological polar surface area (TPSA) is 90.2 Å². The molecule has 2 aromatic heterocycles. The molecule has 1 unspecified atom stereocenters. The Bertz CT molecular complexity index is 974. The third kappa shape index (κ3) is 4.91. The van der Waals surface area contributed by atoms with Gasteiger partial charge in [-0.15, -0.1) is 21.5 Å². The second-order valence-electron chi connectivity index (χ2n) is 7.10. The summed E-state index contributed by atoms with van der Waals surface area (Å²) in [5, 5.41) is 14.4. The van der Waals surface area contributed by atoms with E-state index in [0.29, 0.717) is 38.2 Å². The SMILES string of the molecule is O=C(OCCCn1nnc(-c2ccccc2)n1)C1CCCN1C(=O)Cc1cccs1. The number of amides is 1. The predicted molar refractivity (Wildman–Crippen MR) is 112 cm³/mol. The number of hydrogen-bond donors (Lipinski definition) is 0. The van der Waals surface area contributed by atoms with E-state index in [1.807, 2.05) is 47.8 Å². The molecule has 30 heavy (non-hydrogen) atoms. The lowest BCUT2D eigenvalue weighted by molar-refractivity contribution is -0.153. The van der Waals surface area contributed by atoms with E-state index in [0.717, 1.165) is 16.9 Å². The van der Waals surface area contributed by atoms with Crippen LogP contribution in [0.3, 0.4) is 0 Å². The number of carbonyl (C=O) groups excluding carboxylic acids is 2. The highest BCUT2D eigenvalue weighted by atomic mass is 32.1. The Morgan fingerprint density at radius 3 is 2.83 bits per heavy atom. The van der Waals surface area contributed by atoms with Gasteiger partial charge >= 0.3 is 5.97 Å². The fraction of sp³-hybridized carbons (Fsp3) is 0.381. The molecule has 1 fully saturated rings. The van der Waals surface area contributed by atoms with E-state index in [4.69, 9.17) is 4.74 Å². The van der Waals surface area contributed by atoms with E-state index in [1.165, 1.54) is 4.80 Å². The van der Waals surface area contributed by atoms with E-state index in [9.17, 15) is 9.59 Å². The molecule has 3 heterocycles. The van der Waals surface area contributed by atoms with Gasteiger partial charge in [0, 0.05) is 23.4 Å². The smallest absolute Gasteiger partial charge is 0.328 e. The molecule has 0 spiro atoms. The van der Waals surface area contributed by atoms with Crippen molar-refractivity contribution in [1.82, 2.24) is 25.1 Å². The summed E-state index contributed by atoms with van der Waals surface area (Å²) in [5.74, 6) is 0.221. The van der Waals surface area contributed by atoms with Crippen molar-refractivity contribution in [3.8, 4) is 11.4 Å². The largest absolute Gasteiger partial charge is 0.464 e. The fourth-order valence-corrected chi connectivity index (χ4v) is 4.19. The third-order valence-electron chi connectivity index (χ3n) is 4.98. The number of hydrogen-bond acceptors (Lipinski definition) is 7. The minimum atomic E-state index is -0.480. The van der Waals surface area contributed by atoms with Crippen LogP contribution in [0.15, 0.2) is 47.8 Å². The van der Waals surface area contributed by atoms with Crippen molar-refractivity contribution < 1.29 is 14.3 Å². The van der Waals surface area contributed by atoms with Crippen LogP contribution in [0.4, 0.5) is 0 Å². The number of likely N-dealkylation sites (tertiary alicyclic amines) is 1. The van der Waals surface area contributed by atoms with Crippen LogP contribution in [0.2, 0.25) is 0 Å². The molecule has 9 heteroatoms. The highest BCUT2D eigenvalue weighted by Gasteiger charge is 2.35.